The van der Waals surface area contributed by atoms with Crippen LogP contribution in [0.5, 0.6) is 0 Å². The largest absolute Gasteiger partial charge is 0.344 e. The third-order valence-corrected chi connectivity index (χ3v) is 12.7. The Kier molecular flexibility index (Phi) is 4.63. The van der Waals surface area contributed by atoms with Gasteiger partial charge in [-0.2, -0.15) is 0 Å². The molecule has 4 heterocycles. The highest BCUT2D eigenvalue weighted by Crippen LogP contribution is 2.72. The summed E-state index contributed by atoms with van der Waals surface area (Å²) < 4.78 is 0. The van der Waals surface area contributed by atoms with Crippen LogP contribution in [0, 0.1) is 28.6 Å². The lowest BCUT2D eigenvalue weighted by Gasteiger charge is -2.68. The van der Waals surface area contributed by atoms with E-state index in [2.05, 4.69) is 75.6 Å². The van der Waals surface area contributed by atoms with E-state index in [0.717, 1.165) is 25.2 Å². The molecule has 8 atom stereocenters. The van der Waals surface area contributed by atoms with Gasteiger partial charge in [0.2, 0.25) is 11.8 Å². The number of amides is 2. The molecule has 5 fully saturated rings. The zero-order valence-electron chi connectivity index (χ0n) is 23.9. The van der Waals surface area contributed by atoms with Crippen molar-refractivity contribution in [1.82, 2.24) is 9.80 Å². The maximum Gasteiger partial charge on any atom is 0.247 e. The first kappa shape index (κ1) is 24.0. The predicted octanol–water partition coefficient (Wildman–Crippen LogP) is 5.57. The molecule has 0 unspecified atom stereocenters. The van der Waals surface area contributed by atoms with Crippen LogP contribution in [0.15, 0.2) is 24.3 Å². The van der Waals surface area contributed by atoms with Crippen LogP contribution in [0.25, 0.3) is 0 Å². The minimum Gasteiger partial charge on any atom is -0.344 e. The van der Waals surface area contributed by atoms with Gasteiger partial charge in [-0.1, -0.05) is 59.2 Å². The van der Waals surface area contributed by atoms with Gasteiger partial charge in [0.1, 0.15) is 18.2 Å². The van der Waals surface area contributed by atoms with Crippen LogP contribution in [-0.2, 0) is 15.0 Å². The fourth-order valence-electron chi connectivity index (χ4n) is 11.3. The van der Waals surface area contributed by atoms with Gasteiger partial charge in [0.15, 0.2) is 0 Å². The maximum atomic E-state index is 14.3. The van der Waals surface area contributed by atoms with Crippen LogP contribution in [0.2, 0.25) is 0 Å². The van der Waals surface area contributed by atoms with Gasteiger partial charge in [-0.05, 0) is 85.7 Å². The monoisotopic (exact) mass is 503 g/mol. The molecule has 4 aliphatic heterocycles. The fourth-order valence-corrected chi connectivity index (χ4v) is 11.3. The molecule has 0 N–H and O–H groups in total. The minimum atomic E-state index is -0.375. The Labute approximate surface area is 222 Å². The second kappa shape index (κ2) is 7.12. The van der Waals surface area contributed by atoms with E-state index in [9.17, 15) is 9.59 Å². The van der Waals surface area contributed by atoms with Crippen LogP contribution in [0.1, 0.15) is 92.1 Å². The highest BCUT2D eigenvalue weighted by atomic mass is 16.2. The number of rotatable bonds is 1. The number of piperazine rings is 1. The molecular weight excluding hydrogens is 458 g/mol. The number of fused-ring (bicyclic) bond motifs is 7. The van der Waals surface area contributed by atoms with Gasteiger partial charge < -0.3 is 14.7 Å². The van der Waals surface area contributed by atoms with Crippen molar-refractivity contribution in [1.29, 1.82) is 0 Å². The van der Waals surface area contributed by atoms with Crippen molar-refractivity contribution in [2.45, 2.75) is 116 Å². The molecule has 1 aromatic rings. The second-order valence-corrected chi connectivity index (χ2v) is 15.1. The molecular formula is C32H45N3O2. The van der Waals surface area contributed by atoms with E-state index >= 15 is 0 Å². The van der Waals surface area contributed by atoms with Gasteiger partial charge in [0, 0.05) is 23.7 Å². The maximum absolute atomic E-state index is 14.3. The van der Waals surface area contributed by atoms with Crippen molar-refractivity contribution in [3.05, 3.63) is 29.8 Å². The van der Waals surface area contributed by atoms with Crippen molar-refractivity contribution in [3.8, 4) is 0 Å². The van der Waals surface area contributed by atoms with Crippen LogP contribution in [-0.4, -0.2) is 52.5 Å². The highest BCUT2D eigenvalue weighted by molar-refractivity contribution is 5.99. The average molecular weight is 504 g/mol. The number of anilines is 1. The van der Waals surface area contributed by atoms with Crippen LogP contribution < -0.4 is 4.90 Å². The third kappa shape index (κ3) is 2.62. The van der Waals surface area contributed by atoms with E-state index in [1.807, 2.05) is 7.05 Å². The molecule has 2 bridgehead atoms. The lowest BCUT2D eigenvalue weighted by molar-refractivity contribution is -0.164. The van der Waals surface area contributed by atoms with E-state index in [1.54, 1.807) is 4.90 Å². The summed E-state index contributed by atoms with van der Waals surface area (Å²) in [6.07, 6.45) is 8.17. The van der Waals surface area contributed by atoms with Gasteiger partial charge >= 0.3 is 0 Å². The first-order valence-corrected chi connectivity index (χ1v) is 14.9. The van der Waals surface area contributed by atoms with Crippen LogP contribution in [0.4, 0.5) is 5.69 Å². The third-order valence-electron chi connectivity index (χ3n) is 12.7. The number of carbonyl (C=O) groups is 2. The van der Waals surface area contributed by atoms with Crippen molar-refractivity contribution in [2.75, 3.05) is 11.9 Å². The number of hydrogen-bond acceptors (Lipinski definition) is 3. The Morgan fingerprint density at radius 2 is 1.65 bits per heavy atom. The van der Waals surface area contributed by atoms with E-state index in [4.69, 9.17) is 0 Å². The summed E-state index contributed by atoms with van der Waals surface area (Å²) in [6.45, 7) is 14.3. The summed E-state index contributed by atoms with van der Waals surface area (Å²) in [6, 6.07) is 8.26. The molecule has 1 aromatic carbocycles. The number of benzene rings is 1. The topological polar surface area (TPSA) is 43.9 Å². The normalized spacial score (nSPS) is 45.4. The molecule has 0 spiro atoms. The summed E-state index contributed by atoms with van der Waals surface area (Å²) in [7, 11) is 1.85. The highest BCUT2D eigenvalue weighted by Gasteiger charge is 2.75. The van der Waals surface area contributed by atoms with Crippen molar-refractivity contribution < 1.29 is 9.59 Å². The van der Waals surface area contributed by atoms with Crippen molar-refractivity contribution >= 4 is 17.5 Å². The van der Waals surface area contributed by atoms with E-state index in [-0.39, 0.29) is 52.4 Å². The van der Waals surface area contributed by atoms with E-state index in [1.165, 1.54) is 36.9 Å². The van der Waals surface area contributed by atoms with Gasteiger partial charge in [-0.25, -0.2) is 0 Å². The number of hydrogen-bond donors (Lipinski definition) is 0. The lowest BCUT2D eigenvalue weighted by Crippen LogP contribution is -2.74. The van der Waals surface area contributed by atoms with E-state index < -0.39 is 0 Å². The molecule has 3 saturated heterocycles. The first-order chi connectivity index (χ1) is 17.4. The number of piperidine rings is 1. The van der Waals surface area contributed by atoms with Gasteiger partial charge in [0.25, 0.3) is 0 Å². The van der Waals surface area contributed by atoms with Gasteiger partial charge in [-0.15, -0.1) is 0 Å². The molecule has 0 aromatic heterocycles. The van der Waals surface area contributed by atoms with Gasteiger partial charge in [0.05, 0.1) is 0 Å². The smallest absolute Gasteiger partial charge is 0.247 e. The summed E-state index contributed by atoms with van der Waals surface area (Å²) in [5.74, 6) is 1.68. The molecule has 5 heteroatoms. The Hall–Kier alpha value is -2.04. The SMILES string of the molecule is CC(C)[C@H]1C(=O)N2[C@@H]3N4c5ccccc5[C@]3(C[C@@H]3[C@@]5(C)CCCC(C)(C)[C@@H]5CC[C@]34C)C[C@H]2C(=O)N1C. The zero-order valence-corrected chi connectivity index (χ0v) is 23.9. The summed E-state index contributed by atoms with van der Waals surface area (Å²) in [5, 5.41) is 0. The molecule has 5 nitrogen and oxygen atoms in total. The molecule has 6 aliphatic rings. The molecule has 0 radical (unpaired) electrons. The number of nitrogens with zero attached hydrogens (tertiary/aromatic N) is 3. The lowest BCUT2D eigenvalue weighted by atomic mass is 9.42. The molecule has 200 valence electrons. The number of carbonyl (C=O) groups excluding carboxylic acids is 2. The first-order valence-electron chi connectivity index (χ1n) is 14.9. The quantitative estimate of drug-likeness (QED) is 0.503. The number of likely N-dealkylation sites (N-methyl/N-ethyl adjacent to an activating group) is 1. The Morgan fingerprint density at radius 1 is 0.919 bits per heavy atom. The van der Waals surface area contributed by atoms with Crippen LogP contribution in [0.3, 0.4) is 0 Å². The standard InChI is InChI=1S/C32H45N3O2/c1-19(2)25-27(37)34-22(26(36)33(25)7)17-32-18-24-30(5)15-10-14-29(3,4)23(30)13-16-31(24,6)35(28(32)34)21-12-9-8-11-20(21)32/h8-9,11-12,19,22-25,28H,10,13-18H2,1-7H3/t22-,23-,24+,25-,28+,30-,31+,32+/m0/s1. The minimum absolute atomic E-state index is 0.0195. The Morgan fingerprint density at radius 3 is 2.38 bits per heavy atom. The molecule has 7 rings (SSSR count). The Bertz CT molecular complexity index is 1190. The van der Waals surface area contributed by atoms with E-state index in [0.29, 0.717) is 11.3 Å². The van der Waals surface area contributed by atoms with Crippen LogP contribution >= 0.6 is 0 Å². The average Bonchev–Trinajstić information content (AvgIpc) is 3.27. The number of para-hydroxylation sites is 1. The predicted molar refractivity (Wildman–Crippen MR) is 146 cm³/mol. The molecule has 2 saturated carbocycles. The van der Waals surface area contributed by atoms with Crippen molar-refractivity contribution in [3.63, 3.8) is 0 Å². The summed E-state index contributed by atoms with van der Waals surface area (Å²) in [4.78, 5) is 34.7. The molecule has 37 heavy (non-hydrogen) atoms. The second-order valence-electron chi connectivity index (χ2n) is 15.1. The molecule has 2 aliphatic carbocycles. The summed E-state index contributed by atoms with van der Waals surface area (Å²) >= 11 is 0. The van der Waals surface area contributed by atoms with Gasteiger partial charge in [-0.3, -0.25) is 9.59 Å². The Balaban J connectivity index is 1.42. The molecule has 2 amide bonds. The fraction of sp³-hybridized carbons (Fsp3) is 0.750. The summed E-state index contributed by atoms with van der Waals surface area (Å²) in [5.41, 5.74) is 3.18. The van der Waals surface area contributed by atoms with Crippen molar-refractivity contribution in [2.24, 2.45) is 28.6 Å². The zero-order chi connectivity index (χ0) is 26.3.